The topological polar surface area (TPSA) is 0 Å². The summed E-state index contributed by atoms with van der Waals surface area (Å²) in [5.74, 6) is 0. The highest BCUT2D eigenvalue weighted by Gasteiger charge is 2.07. The van der Waals surface area contributed by atoms with Gasteiger partial charge in [0.1, 0.15) is 0 Å². The third-order valence-corrected chi connectivity index (χ3v) is 3.95. The first-order chi connectivity index (χ1) is 5.11. The summed E-state index contributed by atoms with van der Waals surface area (Å²) in [6, 6.07) is 2.24. The highest BCUT2D eigenvalue weighted by atomic mass is 79.9. The second-order valence-corrected chi connectivity index (χ2v) is 6.20. The van der Waals surface area contributed by atoms with Crippen molar-refractivity contribution in [2.24, 2.45) is 0 Å². The van der Waals surface area contributed by atoms with Gasteiger partial charge in [-0.2, -0.15) is 0 Å². The second-order valence-electron chi connectivity index (χ2n) is 2.51. The van der Waals surface area contributed by atoms with Crippen LogP contribution in [0.25, 0.3) is 0 Å². The minimum atomic E-state index is 0.471. The Hall–Kier alpha value is 0.660. The van der Waals surface area contributed by atoms with Crippen molar-refractivity contribution < 1.29 is 0 Å². The smallest absolute Gasteiger partial charge is 0.0461 e. The van der Waals surface area contributed by atoms with Crippen LogP contribution in [-0.2, 0) is 0 Å². The van der Waals surface area contributed by atoms with E-state index in [0.29, 0.717) is 9.65 Å². The van der Waals surface area contributed by atoms with Gasteiger partial charge in [0.2, 0.25) is 0 Å². The molecule has 1 heterocycles. The molecule has 1 aromatic heterocycles. The van der Waals surface area contributed by atoms with Gasteiger partial charge in [-0.25, -0.2) is 0 Å². The molecule has 2 unspecified atom stereocenters. The molecule has 0 aliphatic rings. The molecule has 0 aliphatic carbocycles. The molecule has 3 heteroatoms. The lowest BCUT2D eigenvalue weighted by molar-refractivity contribution is 1.11. The van der Waals surface area contributed by atoms with Crippen molar-refractivity contribution in [3.63, 3.8) is 0 Å². The van der Waals surface area contributed by atoms with Gasteiger partial charge in [0, 0.05) is 14.5 Å². The molecule has 1 rings (SSSR count). The third kappa shape index (κ3) is 2.56. The van der Waals surface area contributed by atoms with Gasteiger partial charge in [-0.15, -0.1) is 11.3 Å². The lowest BCUT2D eigenvalue weighted by atomic mass is 10.2. The first-order valence-corrected chi connectivity index (χ1v) is 6.19. The first-order valence-electron chi connectivity index (χ1n) is 3.47. The van der Waals surface area contributed by atoms with Gasteiger partial charge in [0.05, 0.1) is 0 Å². The Bertz CT molecular complexity index is 205. The summed E-state index contributed by atoms with van der Waals surface area (Å²) in [5, 5.41) is 2.20. The van der Waals surface area contributed by atoms with Gasteiger partial charge in [0.15, 0.2) is 0 Å². The molecule has 0 aromatic carbocycles. The van der Waals surface area contributed by atoms with Crippen LogP contribution in [0.15, 0.2) is 11.4 Å². The summed E-state index contributed by atoms with van der Waals surface area (Å²) in [7, 11) is 0. The molecule has 2 atom stereocenters. The Labute approximate surface area is 88.3 Å². The molecule has 0 radical (unpaired) electrons. The Morgan fingerprint density at radius 1 is 1.27 bits per heavy atom. The molecule has 0 saturated carbocycles. The average molecular weight is 298 g/mol. The van der Waals surface area contributed by atoms with Gasteiger partial charge in [0.25, 0.3) is 0 Å². The molecule has 0 nitrogen and oxygen atoms in total. The van der Waals surface area contributed by atoms with Gasteiger partial charge in [-0.05, 0) is 30.9 Å². The minimum Gasteiger partial charge on any atom is -0.147 e. The maximum Gasteiger partial charge on any atom is 0.0461 e. The minimum absolute atomic E-state index is 0.471. The zero-order valence-corrected chi connectivity index (χ0v) is 10.5. The van der Waals surface area contributed by atoms with E-state index in [-0.39, 0.29) is 0 Å². The predicted octanol–water partition coefficient (Wildman–Crippen LogP) is 4.66. The molecule has 0 bridgehead atoms. The normalized spacial score (nSPS) is 16.4. The van der Waals surface area contributed by atoms with Crippen LogP contribution in [0, 0.1) is 0 Å². The number of halogens is 2. The summed E-state index contributed by atoms with van der Waals surface area (Å²) < 4.78 is 0. The predicted molar refractivity (Wildman–Crippen MR) is 59.0 cm³/mol. The molecule has 62 valence electrons. The highest BCUT2D eigenvalue weighted by molar-refractivity contribution is 9.09. The summed E-state index contributed by atoms with van der Waals surface area (Å²) in [6.45, 7) is 4.29. The lowest BCUT2D eigenvalue weighted by Crippen LogP contribution is -1.78. The van der Waals surface area contributed by atoms with E-state index in [1.807, 2.05) is 11.3 Å². The molecular formula is C8H10Br2S. The van der Waals surface area contributed by atoms with Crippen LogP contribution in [0.1, 0.15) is 33.9 Å². The summed E-state index contributed by atoms with van der Waals surface area (Å²) in [5.41, 5.74) is 1.37. The van der Waals surface area contributed by atoms with E-state index in [0.717, 1.165) is 0 Å². The lowest BCUT2D eigenvalue weighted by Gasteiger charge is -1.97. The zero-order valence-electron chi connectivity index (χ0n) is 6.47. The summed E-state index contributed by atoms with van der Waals surface area (Å²) in [4.78, 5) is 2.34. The summed E-state index contributed by atoms with van der Waals surface area (Å²) in [6.07, 6.45) is 0. The number of rotatable bonds is 2. The average Bonchev–Trinajstić information content (AvgIpc) is 2.33. The van der Waals surface area contributed by atoms with Gasteiger partial charge < -0.3 is 0 Å². The van der Waals surface area contributed by atoms with Gasteiger partial charge >= 0.3 is 0 Å². The molecule has 0 spiro atoms. The van der Waals surface area contributed by atoms with E-state index >= 15 is 0 Å². The highest BCUT2D eigenvalue weighted by Crippen LogP contribution is 2.32. The van der Waals surface area contributed by atoms with Crippen molar-refractivity contribution in [3.8, 4) is 0 Å². The number of hydrogen-bond acceptors (Lipinski definition) is 1. The number of hydrogen-bond donors (Lipinski definition) is 0. The van der Waals surface area contributed by atoms with Crippen molar-refractivity contribution in [2.45, 2.75) is 23.5 Å². The molecule has 1 aromatic rings. The Balaban J connectivity index is 2.82. The molecule has 11 heavy (non-hydrogen) atoms. The fraction of sp³-hybridized carbons (Fsp3) is 0.500. The maximum atomic E-state index is 3.54. The van der Waals surface area contributed by atoms with Crippen molar-refractivity contribution in [2.75, 3.05) is 0 Å². The van der Waals surface area contributed by atoms with Crippen LogP contribution in [0.5, 0.6) is 0 Å². The third-order valence-electron chi connectivity index (χ3n) is 1.49. The van der Waals surface area contributed by atoms with E-state index in [1.165, 1.54) is 10.4 Å². The van der Waals surface area contributed by atoms with Crippen LogP contribution in [0.4, 0.5) is 0 Å². The first kappa shape index (κ1) is 9.75. The van der Waals surface area contributed by atoms with Crippen LogP contribution in [0.2, 0.25) is 0 Å². The standard InChI is InChI=1S/C8H10Br2S/c1-5(9)7-3-8(6(2)10)11-4-7/h3-6H,1-2H3. The van der Waals surface area contributed by atoms with Crippen molar-refractivity contribution >= 4 is 43.2 Å². The second kappa shape index (κ2) is 4.06. The monoisotopic (exact) mass is 296 g/mol. The van der Waals surface area contributed by atoms with Crippen molar-refractivity contribution in [3.05, 3.63) is 21.9 Å². The zero-order chi connectivity index (χ0) is 8.43. The van der Waals surface area contributed by atoms with Crippen LogP contribution >= 0.6 is 43.2 Å². The molecular weight excluding hydrogens is 288 g/mol. The largest absolute Gasteiger partial charge is 0.147 e. The van der Waals surface area contributed by atoms with E-state index in [1.54, 1.807) is 0 Å². The van der Waals surface area contributed by atoms with E-state index < -0.39 is 0 Å². The van der Waals surface area contributed by atoms with Gasteiger partial charge in [-0.1, -0.05) is 31.9 Å². The number of alkyl halides is 2. The molecule has 0 aliphatic heterocycles. The SMILES string of the molecule is CC(Br)c1csc(C(C)Br)c1. The fourth-order valence-corrected chi connectivity index (χ4v) is 2.62. The van der Waals surface area contributed by atoms with Crippen molar-refractivity contribution in [1.29, 1.82) is 0 Å². The fourth-order valence-electron chi connectivity index (χ4n) is 0.786. The van der Waals surface area contributed by atoms with E-state index in [4.69, 9.17) is 0 Å². The van der Waals surface area contributed by atoms with E-state index in [9.17, 15) is 0 Å². The Morgan fingerprint density at radius 3 is 2.18 bits per heavy atom. The molecule has 0 amide bonds. The summed E-state index contributed by atoms with van der Waals surface area (Å²) >= 11 is 8.89. The van der Waals surface area contributed by atoms with Crippen molar-refractivity contribution in [1.82, 2.24) is 0 Å². The molecule has 0 N–H and O–H groups in total. The molecule has 0 saturated heterocycles. The molecule has 0 fully saturated rings. The Morgan fingerprint density at radius 2 is 1.91 bits per heavy atom. The Kier molecular flexibility index (Phi) is 3.59. The quantitative estimate of drug-likeness (QED) is 0.697. The number of thiophene rings is 1. The van der Waals surface area contributed by atoms with Gasteiger partial charge in [-0.3, -0.25) is 0 Å². The van der Waals surface area contributed by atoms with Crippen LogP contribution < -0.4 is 0 Å². The maximum absolute atomic E-state index is 3.54. The van der Waals surface area contributed by atoms with E-state index in [2.05, 4.69) is 57.2 Å². The van der Waals surface area contributed by atoms with Crippen LogP contribution in [-0.4, -0.2) is 0 Å². The van der Waals surface area contributed by atoms with Crippen LogP contribution in [0.3, 0.4) is 0 Å².